The molecule has 3 heterocycles. The van der Waals surface area contributed by atoms with Crippen molar-refractivity contribution in [2.45, 2.75) is 41.5 Å². The van der Waals surface area contributed by atoms with Crippen molar-refractivity contribution in [1.82, 2.24) is 4.57 Å². The monoisotopic (exact) mass is 669 g/mol. The summed E-state index contributed by atoms with van der Waals surface area (Å²) in [6, 6.07) is 50.7. The van der Waals surface area contributed by atoms with Crippen LogP contribution in [0.4, 0.5) is 34.1 Å². The van der Waals surface area contributed by atoms with Gasteiger partial charge in [-0.25, -0.2) is 0 Å². The SMILES string of the molecule is Cc1ccc(N(c2ccc(C)cc2)c2cc3c4c(c2)-n2c5ccc(C)cc5c5cc(C)cc(c52)B4c2cc(C)ccc2N3c2ccc(C)cc2)cc1. The Morgan fingerprint density at radius 1 is 0.423 bits per heavy atom. The van der Waals surface area contributed by atoms with Gasteiger partial charge >= 0.3 is 0 Å². The van der Waals surface area contributed by atoms with Crippen LogP contribution in [0.1, 0.15) is 33.4 Å². The number of nitrogens with zero attached hydrogens (tertiary/aromatic N) is 3. The molecule has 3 nitrogen and oxygen atoms in total. The highest BCUT2D eigenvalue weighted by molar-refractivity contribution is 7.00. The van der Waals surface area contributed by atoms with Crippen molar-refractivity contribution in [2.75, 3.05) is 9.80 Å². The van der Waals surface area contributed by atoms with E-state index in [0.717, 1.165) is 17.1 Å². The molecule has 0 amide bonds. The molecule has 10 rings (SSSR count). The van der Waals surface area contributed by atoms with Crippen LogP contribution in [-0.4, -0.2) is 11.3 Å². The molecule has 2 aliphatic rings. The van der Waals surface area contributed by atoms with E-state index in [1.54, 1.807) is 0 Å². The van der Waals surface area contributed by atoms with E-state index in [4.69, 9.17) is 0 Å². The lowest BCUT2D eigenvalue weighted by Crippen LogP contribution is -2.60. The number of anilines is 6. The zero-order valence-corrected chi connectivity index (χ0v) is 30.6. The van der Waals surface area contributed by atoms with Crippen LogP contribution in [0.2, 0.25) is 0 Å². The minimum Gasteiger partial charge on any atom is -0.311 e. The van der Waals surface area contributed by atoms with Crippen molar-refractivity contribution in [3.05, 3.63) is 167 Å². The average Bonchev–Trinajstić information content (AvgIpc) is 3.45. The molecular formula is C48H40BN3. The molecule has 0 saturated carbocycles. The molecule has 0 spiro atoms. The number of rotatable bonds is 4. The highest BCUT2D eigenvalue weighted by Crippen LogP contribution is 2.46. The van der Waals surface area contributed by atoms with Gasteiger partial charge in [-0.05, 0) is 131 Å². The average molecular weight is 670 g/mol. The lowest BCUT2D eigenvalue weighted by molar-refractivity contribution is 1.16. The van der Waals surface area contributed by atoms with Gasteiger partial charge < -0.3 is 14.4 Å². The topological polar surface area (TPSA) is 11.4 Å². The quantitative estimate of drug-likeness (QED) is 0.173. The Morgan fingerprint density at radius 3 is 1.63 bits per heavy atom. The summed E-state index contributed by atoms with van der Waals surface area (Å²) in [5, 5.41) is 2.64. The summed E-state index contributed by atoms with van der Waals surface area (Å²) in [6.07, 6.45) is 0. The molecule has 250 valence electrons. The molecule has 1 aromatic heterocycles. The molecule has 0 radical (unpaired) electrons. The molecule has 0 aliphatic carbocycles. The lowest BCUT2D eigenvalue weighted by atomic mass is 9.33. The van der Waals surface area contributed by atoms with E-state index >= 15 is 0 Å². The maximum absolute atomic E-state index is 2.58. The van der Waals surface area contributed by atoms with Crippen molar-refractivity contribution in [2.24, 2.45) is 0 Å². The van der Waals surface area contributed by atoms with Crippen LogP contribution in [0, 0.1) is 41.5 Å². The zero-order valence-electron chi connectivity index (χ0n) is 30.6. The second-order valence-electron chi connectivity index (χ2n) is 15.2. The summed E-state index contributed by atoms with van der Waals surface area (Å²) in [4.78, 5) is 4.95. The van der Waals surface area contributed by atoms with Crippen molar-refractivity contribution >= 4 is 79.0 Å². The number of benzene rings is 7. The van der Waals surface area contributed by atoms with Crippen LogP contribution < -0.4 is 26.2 Å². The largest absolute Gasteiger partial charge is 0.311 e. The molecule has 7 aromatic carbocycles. The van der Waals surface area contributed by atoms with Gasteiger partial charge in [-0.1, -0.05) is 94.0 Å². The van der Waals surface area contributed by atoms with E-state index in [1.165, 1.54) is 94.3 Å². The lowest BCUT2D eigenvalue weighted by Gasteiger charge is -2.41. The number of hydrogen-bond donors (Lipinski definition) is 0. The van der Waals surface area contributed by atoms with Crippen LogP contribution in [0.15, 0.2) is 133 Å². The van der Waals surface area contributed by atoms with Gasteiger partial charge in [0.2, 0.25) is 0 Å². The van der Waals surface area contributed by atoms with E-state index in [-0.39, 0.29) is 6.71 Å². The minimum atomic E-state index is 0.0863. The smallest absolute Gasteiger partial charge is 0.252 e. The second-order valence-corrected chi connectivity index (χ2v) is 15.2. The van der Waals surface area contributed by atoms with E-state index in [0.29, 0.717) is 0 Å². The molecule has 0 fully saturated rings. The normalized spacial score (nSPS) is 12.7. The third-order valence-corrected chi connectivity index (χ3v) is 11.3. The summed E-state index contributed by atoms with van der Waals surface area (Å²) in [5.41, 5.74) is 22.5. The first kappa shape index (κ1) is 30.8. The summed E-state index contributed by atoms with van der Waals surface area (Å²) in [7, 11) is 0. The van der Waals surface area contributed by atoms with Gasteiger partial charge in [0.15, 0.2) is 0 Å². The second kappa shape index (κ2) is 11.3. The van der Waals surface area contributed by atoms with E-state index in [9.17, 15) is 0 Å². The first-order chi connectivity index (χ1) is 25.2. The van der Waals surface area contributed by atoms with Crippen molar-refractivity contribution in [1.29, 1.82) is 0 Å². The molecule has 0 atom stereocenters. The Bertz CT molecular complexity index is 2690. The van der Waals surface area contributed by atoms with Gasteiger partial charge in [0.1, 0.15) is 0 Å². The Labute approximate surface area is 306 Å². The van der Waals surface area contributed by atoms with Crippen LogP contribution in [0.3, 0.4) is 0 Å². The third kappa shape index (κ3) is 4.53. The zero-order chi connectivity index (χ0) is 35.4. The predicted molar refractivity (Wildman–Crippen MR) is 223 cm³/mol. The summed E-state index contributed by atoms with van der Waals surface area (Å²) < 4.78 is 2.58. The number of hydrogen-bond acceptors (Lipinski definition) is 2. The van der Waals surface area contributed by atoms with Crippen LogP contribution in [0.5, 0.6) is 0 Å². The first-order valence-corrected chi connectivity index (χ1v) is 18.4. The highest BCUT2D eigenvalue weighted by Gasteiger charge is 2.43. The van der Waals surface area contributed by atoms with Crippen LogP contribution in [0.25, 0.3) is 27.5 Å². The fourth-order valence-corrected chi connectivity index (χ4v) is 8.84. The van der Waals surface area contributed by atoms with E-state index in [1.807, 2.05) is 0 Å². The summed E-state index contributed by atoms with van der Waals surface area (Å²) in [5.74, 6) is 0. The van der Waals surface area contributed by atoms with Gasteiger partial charge in [0.05, 0.1) is 11.2 Å². The molecule has 0 unspecified atom stereocenters. The fourth-order valence-electron chi connectivity index (χ4n) is 8.84. The molecule has 0 N–H and O–H groups in total. The maximum Gasteiger partial charge on any atom is 0.252 e. The Kier molecular flexibility index (Phi) is 6.66. The van der Waals surface area contributed by atoms with E-state index < -0.39 is 0 Å². The molecular weight excluding hydrogens is 629 g/mol. The van der Waals surface area contributed by atoms with Crippen LogP contribution >= 0.6 is 0 Å². The minimum absolute atomic E-state index is 0.0863. The standard InChI is InChI=1S/C48H40BN3/c1-29-7-15-35(16-8-29)50(36-17-9-30(2)10-18-36)38-27-45-47-46(28-38)52-43-21-13-32(4)23-39(43)40-24-34(6)26-42(48(40)52)49(47)41-25-33(5)14-22-44(41)51(45)37-19-11-31(3)12-20-37/h7-28H,1-6H3. The molecule has 2 aliphatic heterocycles. The maximum atomic E-state index is 2.58. The third-order valence-electron chi connectivity index (χ3n) is 11.3. The molecule has 0 bridgehead atoms. The van der Waals surface area contributed by atoms with E-state index in [2.05, 4.69) is 189 Å². The number of fused-ring (bicyclic) bond motifs is 7. The predicted octanol–water partition coefficient (Wildman–Crippen LogP) is 10.7. The van der Waals surface area contributed by atoms with Gasteiger partial charge in [-0.3, -0.25) is 0 Å². The van der Waals surface area contributed by atoms with Crippen LogP contribution in [-0.2, 0) is 0 Å². The van der Waals surface area contributed by atoms with Crippen molar-refractivity contribution in [3.63, 3.8) is 0 Å². The van der Waals surface area contributed by atoms with Crippen molar-refractivity contribution in [3.8, 4) is 5.69 Å². The molecule has 4 heteroatoms. The Hall–Kier alpha value is -6.00. The van der Waals surface area contributed by atoms with Gasteiger partial charge in [0, 0.05) is 50.4 Å². The fraction of sp³-hybridized carbons (Fsp3) is 0.125. The number of aromatic nitrogens is 1. The van der Waals surface area contributed by atoms with Gasteiger partial charge in [-0.15, -0.1) is 0 Å². The summed E-state index contributed by atoms with van der Waals surface area (Å²) in [6.45, 7) is 13.3. The Morgan fingerprint density at radius 2 is 0.962 bits per heavy atom. The number of aryl methyl sites for hydroxylation is 6. The molecule has 0 saturated heterocycles. The Balaban J connectivity index is 1.38. The molecule has 52 heavy (non-hydrogen) atoms. The molecule has 8 aromatic rings. The van der Waals surface area contributed by atoms with Gasteiger partial charge in [0.25, 0.3) is 6.71 Å². The van der Waals surface area contributed by atoms with Crippen molar-refractivity contribution < 1.29 is 0 Å². The summed E-state index contributed by atoms with van der Waals surface area (Å²) >= 11 is 0. The first-order valence-electron chi connectivity index (χ1n) is 18.4. The highest BCUT2D eigenvalue weighted by atomic mass is 15.2. The van der Waals surface area contributed by atoms with Gasteiger partial charge in [-0.2, -0.15) is 0 Å².